The summed E-state index contributed by atoms with van der Waals surface area (Å²) in [6.45, 7) is 9.90. The van der Waals surface area contributed by atoms with Crippen molar-refractivity contribution in [3.05, 3.63) is 53.8 Å². The summed E-state index contributed by atoms with van der Waals surface area (Å²) in [5.41, 5.74) is 2.12. The van der Waals surface area contributed by atoms with Crippen LogP contribution >= 0.6 is 11.3 Å². The second kappa shape index (κ2) is 10.2. The molecule has 1 aliphatic rings. The number of halogens is 1. The van der Waals surface area contributed by atoms with E-state index < -0.39 is 0 Å². The second-order valence-corrected chi connectivity index (χ2v) is 8.66. The van der Waals surface area contributed by atoms with Crippen molar-refractivity contribution in [2.45, 2.75) is 19.9 Å². The van der Waals surface area contributed by atoms with Crippen LogP contribution in [-0.2, 0) is 6.54 Å². The molecule has 0 bridgehead atoms. The highest BCUT2D eigenvalue weighted by Crippen LogP contribution is 2.26. The molecule has 2 heterocycles. The summed E-state index contributed by atoms with van der Waals surface area (Å²) in [4.78, 5) is 9.51. The van der Waals surface area contributed by atoms with Crippen LogP contribution in [0.1, 0.15) is 18.9 Å². The van der Waals surface area contributed by atoms with Gasteiger partial charge in [-0.05, 0) is 30.7 Å². The summed E-state index contributed by atoms with van der Waals surface area (Å²) >= 11 is 1.51. The molecule has 0 radical (unpaired) electrons. The van der Waals surface area contributed by atoms with E-state index in [0.29, 0.717) is 0 Å². The van der Waals surface area contributed by atoms with Crippen LogP contribution in [0.15, 0.2) is 42.5 Å². The third-order valence-corrected chi connectivity index (χ3v) is 6.32. The number of fused-ring (bicyclic) bond motifs is 1. The fourth-order valence-corrected chi connectivity index (χ4v) is 4.61. The van der Waals surface area contributed by atoms with Crippen molar-refractivity contribution in [2.75, 3.05) is 51.2 Å². The lowest BCUT2D eigenvalue weighted by Crippen LogP contribution is -2.47. The first-order valence-electron chi connectivity index (χ1n) is 10.7. The van der Waals surface area contributed by atoms with Gasteiger partial charge in [0.2, 0.25) is 0 Å². The Morgan fingerprint density at radius 1 is 1.10 bits per heavy atom. The van der Waals surface area contributed by atoms with Gasteiger partial charge in [0, 0.05) is 51.4 Å². The van der Waals surface area contributed by atoms with Crippen LogP contribution in [0.3, 0.4) is 0 Å². The molecule has 0 atom stereocenters. The number of nitrogens with zero attached hydrogens (tertiary/aromatic N) is 3. The Bertz CT molecular complexity index is 955. The first-order valence-corrected chi connectivity index (χ1v) is 11.5. The molecule has 0 aliphatic carbocycles. The van der Waals surface area contributed by atoms with Crippen LogP contribution in [0, 0.1) is 5.82 Å². The average Bonchev–Trinajstić information content (AvgIpc) is 3.16. The molecule has 7 heteroatoms. The molecule has 1 aliphatic heterocycles. The van der Waals surface area contributed by atoms with Gasteiger partial charge < -0.3 is 10.1 Å². The van der Waals surface area contributed by atoms with Crippen molar-refractivity contribution < 1.29 is 9.13 Å². The molecule has 0 unspecified atom stereocenters. The number of aromatic nitrogens is 1. The molecule has 4 rings (SSSR count). The highest BCUT2D eigenvalue weighted by Gasteiger charge is 2.18. The molecule has 1 N–H and O–H groups in total. The number of rotatable bonds is 9. The quantitative estimate of drug-likeness (QED) is 0.545. The Hall–Kier alpha value is -2.22. The lowest BCUT2D eigenvalue weighted by atomic mass is 10.1. The first-order chi connectivity index (χ1) is 14.7. The number of piperazine rings is 1. The molecular weight excluding hydrogens is 399 g/mol. The molecule has 2 aromatic carbocycles. The fourth-order valence-electron chi connectivity index (χ4n) is 3.69. The summed E-state index contributed by atoms with van der Waals surface area (Å²) in [5, 5.41) is 4.25. The maximum Gasteiger partial charge on any atom is 0.183 e. The van der Waals surface area contributed by atoms with Gasteiger partial charge in [0.25, 0.3) is 0 Å². The minimum absolute atomic E-state index is 0.213. The number of thiazole rings is 1. The van der Waals surface area contributed by atoms with Crippen LogP contribution in [0.5, 0.6) is 5.75 Å². The molecular formula is C23H29FN4OS. The number of benzene rings is 2. The number of anilines is 1. The topological polar surface area (TPSA) is 40.6 Å². The van der Waals surface area contributed by atoms with E-state index in [1.807, 2.05) is 6.07 Å². The fraction of sp³-hybridized carbons (Fsp3) is 0.435. The van der Waals surface area contributed by atoms with Gasteiger partial charge in [-0.15, -0.1) is 0 Å². The minimum atomic E-state index is -0.213. The number of nitrogens with one attached hydrogen (secondary N) is 1. The van der Waals surface area contributed by atoms with Crippen LogP contribution in [0.25, 0.3) is 10.2 Å². The van der Waals surface area contributed by atoms with Crippen LogP contribution in [0.2, 0.25) is 0 Å². The van der Waals surface area contributed by atoms with Crippen molar-refractivity contribution in [1.82, 2.24) is 14.8 Å². The van der Waals surface area contributed by atoms with Crippen LogP contribution in [0.4, 0.5) is 9.52 Å². The molecule has 0 amide bonds. The van der Waals surface area contributed by atoms with Gasteiger partial charge in [-0.1, -0.05) is 36.5 Å². The monoisotopic (exact) mass is 428 g/mol. The molecule has 0 saturated carbocycles. The van der Waals surface area contributed by atoms with E-state index in [2.05, 4.69) is 45.2 Å². The van der Waals surface area contributed by atoms with Gasteiger partial charge in [0.15, 0.2) is 5.13 Å². The number of para-hydroxylation sites is 1. The summed E-state index contributed by atoms with van der Waals surface area (Å²) in [6, 6.07) is 13.1. The molecule has 3 aromatic rings. The van der Waals surface area contributed by atoms with Gasteiger partial charge in [0.1, 0.15) is 11.6 Å². The van der Waals surface area contributed by atoms with Crippen LogP contribution < -0.4 is 10.1 Å². The lowest BCUT2D eigenvalue weighted by molar-refractivity contribution is 0.129. The third kappa shape index (κ3) is 5.47. The van der Waals surface area contributed by atoms with E-state index in [-0.39, 0.29) is 5.82 Å². The molecule has 1 saturated heterocycles. The Morgan fingerprint density at radius 3 is 2.73 bits per heavy atom. The zero-order valence-corrected chi connectivity index (χ0v) is 18.3. The summed E-state index contributed by atoms with van der Waals surface area (Å²) in [6.07, 6.45) is 1.02. The van der Waals surface area contributed by atoms with E-state index in [4.69, 9.17) is 4.74 Å². The first kappa shape index (κ1) is 21.0. The number of hydrogen-bond donors (Lipinski definition) is 1. The minimum Gasteiger partial charge on any atom is -0.493 e. The largest absolute Gasteiger partial charge is 0.493 e. The SMILES string of the molecule is CCCOc1ccccc1CN1CCN(CCNc2nc3ccc(F)cc3s2)CC1. The van der Waals surface area contributed by atoms with Gasteiger partial charge in [0.05, 0.1) is 16.8 Å². The molecule has 1 fully saturated rings. The van der Waals surface area contributed by atoms with E-state index >= 15 is 0 Å². The Kier molecular flexibility index (Phi) is 7.15. The summed E-state index contributed by atoms with van der Waals surface area (Å²) < 4.78 is 20.1. The number of ether oxygens (including phenoxy) is 1. The smallest absolute Gasteiger partial charge is 0.183 e. The second-order valence-electron chi connectivity index (χ2n) is 7.63. The molecule has 30 heavy (non-hydrogen) atoms. The Balaban J connectivity index is 1.21. The predicted octanol–water partition coefficient (Wildman–Crippen LogP) is 4.45. The van der Waals surface area contributed by atoms with Gasteiger partial charge in [-0.25, -0.2) is 9.37 Å². The summed E-state index contributed by atoms with van der Waals surface area (Å²) in [5.74, 6) is 0.803. The van der Waals surface area contributed by atoms with Crippen molar-refractivity contribution in [1.29, 1.82) is 0 Å². The van der Waals surface area contributed by atoms with Crippen molar-refractivity contribution in [3.8, 4) is 5.75 Å². The zero-order valence-electron chi connectivity index (χ0n) is 17.4. The van der Waals surface area contributed by atoms with Crippen LogP contribution in [-0.4, -0.2) is 60.7 Å². The molecule has 1 aromatic heterocycles. The van der Waals surface area contributed by atoms with Crippen molar-refractivity contribution in [2.24, 2.45) is 0 Å². The molecule has 160 valence electrons. The van der Waals surface area contributed by atoms with Crippen molar-refractivity contribution >= 4 is 26.7 Å². The zero-order chi connectivity index (χ0) is 20.8. The third-order valence-electron chi connectivity index (χ3n) is 5.35. The normalized spacial score (nSPS) is 15.5. The predicted molar refractivity (Wildman–Crippen MR) is 122 cm³/mol. The highest BCUT2D eigenvalue weighted by molar-refractivity contribution is 7.22. The van der Waals surface area contributed by atoms with E-state index in [1.165, 1.54) is 23.0 Å². The number of hydrogen-bond acceptors (Lipinski definition) is 6. The lowest BCUT2D eigenvalue weighted by Gasteiger charge is -2.35. The van der Waals surface area contributed by atoms with E-state index in [1.54, 1.807) is 12.1 Å². The molecule has 0 spiro atoms. The molecule has 5 nitrogen and oxygen atoms in total. The standard InChI is InChI=1S/C23H29FN4OS/c1-2-15-29-21-6-4-3-5-18(21)17-28-13-11-27(12-14-28)10-9-25-23-26-20-8-7-19(24)16-22(20)30-23/h3-8,16H,2,9-15,17H2,1H3,(H,25,26). The Labute approximate surface area is 181 Å². The average molecular weight is 429 g/mol. The van der Waals surface area contributed by atoms with E-state index in [0.717, 1.165) is 79.9 Å². The Morgan fingerprint density at radius 2 is 1.90 bits per heavy atom. The van der Waals surface area contributed by atoms with E-state index in [9.17, 15) is 4.39 Å². The van der Waals surface area contributed by atoms with Gasteiger partial charge >= 0.3 is 0 Å². The van der Waals surface area contributed by atoms with Gasteiger partial charge in [-0.2, -0.15) is 0 Å². The van der Waals surface area contributed by atoms with Crippen molar-refractivity contribution in [3.63, 3.8) is 0 Å². The van der Waals surface area contributed by atoms with Gasteiger partial charge in [-0.3, -0.25) is 9.80 Å². The maximum atomic E-state index is 13.3. The summed E-state index contributed by atoms with van der Waals surface area (Å²) in [7, 11) is 0. The maximum absolute atomic E-state index is 13.3. The highest BCUT2D eigenvalue weighted by atomic mass is 32.1.